The van der Waals surface area contributed by atoms with Gasteiger partial charge in [-0.1, -0.05) is 0 Å². The third-order valence-electron chi connectivity index (χ3n) is 5.67. The lowest BCUT2D eigenvalue weighted by atomic mass is 9.93. The number of piperidine rings is 1. The van der Waals surface area contributed by atoms with Crippen LogP contribution in [0.15, 0.2) is 16.8 Å². The summed E-state index contributed by atoms with van der Waals surface area (Å²) < 4.78 is 0. The highest BCUT2D eigenvalue weighted by Gasteiger charge is 2.56. The molecule has 1 aliphatic carbocycles. The van der Waals surface area contributed by atoms with Gasteiger partial charge in [0.2, 0.25) is 0 Å². The Morgan fingerprint density at radius 2 is 2.24 bits per heavy atom. The Morgan fingerprint density at radius 1 is 1.33 bits per heavy atom. The molecule has 116 valence electrons. The van der Waals surface area contributed by atoms with Crippen molar-refractivity contribution in [3.8, 4) is 0 Å². The lowest BCUT2D eigenvalue weighted by Crippen LogP contribution is -2.38. The summed E-state index contributed by atoms with van der Waals surface area (Å²) in [6.07, 6.45) is 5.69. The third kappa shape index (κ3) is 3.19. The number of rotatable bonds is 5. The third-order valence-corrected chi connectivity index (χ3v) is 7.63. The summed E-state index contributed by atoms with van der Waals surface area (Å²) in [5, 5.41) is 8.11. The minimum atomic E-state index is 0.674. The topological polar surface area (TPSA) is 15.3 Å². The average Bonchev–Trinajstić information content (AvgIpc) is 2.96. The van der Waals surface area contributed by atoms with E-state index in [0.29, 0.717) is 5.41 Å². The Morgan fingerprint density at radius 3 is 2.95 bits per heavy atom. The summed E-state index contributed by atoms with van der Waals surface area (Å²) in [7, 11) is 0. The molecule has 3 aliphatic rings. The Bertz CT molecular complexity index is 447. The molecule has 2 aliphatic heterocycles. The molecule has 0 bridgehead atoms. The minimum absolute atomic E-state index is 0.674. The van der Waals surface area contributed by atoms with Crippen molar-refractivity contribution in [2.45, 2.75) is 38.3 Å². The summed E-state index contributed by atoms with van der Waals surface area (Å²) in [6, 6.07) is 3.18. The molecule has 4 heteroatoms. The maximum absolute atomic E-state index is 3.54. The summed E-state index contributed by atoms with van der Waals surface area (Å²) in [5.41, 5.74) is 2.20. The van der Waals surface area contributed by atoms with Crippen LogP contribution in [0.4, 0.5) is 0 Å². The number of nitrogens with one attached hydrogen (secondary N) is 1. The van der Waals surface area contributed by atoms with Crippen LogP contribution < -0.4 is 5.32 Å². The standard InChI is InChI=1S/C17H26N2S2/c1-7-20-12-14(1)10-19(11-15-2-8-21-13-15)16-9-17(16)3-5-18-6-4-17/h1,7,12,15-16,18H,2-6,8-11,13H2. The van der Waals surface area contributed by atoms with Crippen LogP contribution in [0.1, 0.15) is 31.2 Å². The molecular weight excluding hydrogens is 296 g/mol. The molecule has 3 fully saturated rings. The Hall–Kier alpha value is -0.0300. The van der Waals surface area contributed by atoms with Crippen LogP contribution in [0, 0.1) is 11.3 Å². The number of nitrogens with zero attached hydrogens (tertiary/aromatic N) is 1. The van der Waals surface area contributed by atoms with E-state index < -0.39 is 0 Å². The van der Waals surface area contributed by atoms with Gasteiger partial charge in [0.1, 0.15) is 0 Å². The van der Waals surface area contributed by atoms with Crippen molar-refractivity contribution in [2.75, 3.05) is 31.1 Å². The van der Waals surface area contributed by atoms with E-state index in [1.54, 1.807) is 0 Å². The monoisotopic (exact) mass is 322 g/mol. The van der Waals surface area contributed by atoms with Gasteiger partial charge in [0.25, 0.3) is 0 Å². The Kier molecular flexibility index (Phi) is 4.32. The quantitative estimate of drug-likeness (QED) is 0.894. The molecule has 2 nitrogen and oxygen atoms in total. The first-order valence-corrected chi connectivity index (χ1v) is 10.5. The molecule has 0 aromatic carbocycles. The van der Waals surface area contributed by atoms with Gasteiger partial charge < -0.3 is 5.32 Å². The minimum Gasteiger partial charge on any atom is -0.317 e. The highest BCUT2D eigenvalue weighted by atomic mass is 32.2. The Balaban J connectivity index is 1.44. The average molecular weight is 323 g/mol. The molecule has 0 amide bonds. The van der Waals surface area contributed by atoms with E-state index in [9.17, 15) is 0 Å². The molecule has 1 aromatic heterocycles. The molecule has 2 saturated heterocycles. The first kappa shape index (κ1) is 14.6. The van der Waals surface area contributed by atoms with Crippen molar-refractivity contribution < 1.29 is 0 Å². The fourth-order valence-electron chi connectivity index (χ4n) is 4.28. The van der Waals surface area contributed by atoms with Crippen LogP contribution in [0.5, 0.6) is 0 Å². The van der Waals surface area contributed by atoms with Crippen molar-refractivity contribution in [1.29, 1.82) is 0 Å². The number of thiophene rings is 1. The SMILES string of the molecule is c1cc(CN(CC2CCSC2)C2CC23CCNCC3)cs1. The first-order chi connectivity index (χ1) is 10.4. The molecule has 3 heterocycles. The van der Waals surface area contributed by atoms with E-state index in [0.717, 1.165) is 12.0 Å². The van der Waals surface area contributed by atoms with Gasteiger partial charge in [-0.05, 0) is 84.0 Å². The molecular formula is C17H26N2S2. The van der Waals surface area contributed by atoms with Gasteiger partial charge in [-0.3, -0.25) is 4.90 Å². The second-order valence-electron chi connectivity index (χ2n) is 7.12. The summed E-state index contributed by atoms with van der Waals surface area (Å²) in [6.45, 7) is 5.00. The van der Waals surface area contributed by atoms with E-state index in [4.69, 9.17) is 0 Å². The van der Waals surface area contributed by atoms with E-state index in [1.165, 1.54) is 68.9 Å². The second kappa shape index (κ2) is 6.23. The molecule has 1 N–H and O–H groups in total. The second-order valence-corrected chi connectivity index (χ2v) is 9.05. The van der Waals surface area contributed by atoms with Crippen LogP contribution in [-0.4, -0.2) is 42.1 Å². The molecule has 1 spiro atoms. The van der Waals surface area contributed by atoms with Crippen LogP contribution in [0.2, 0.25) is 0 Å². The predicted octanol–water partition coefficient (Wildman–Crippen LogP) is 3.45. The van der Waals surface area contributed by atoms with E-state index in [2.05, 4.69) is 38.8 Å². The lowest BCUT2D eigenvalue weighted by molar-refractivity contribution is 0.175. The fraction of sp³-hybridized carbons (Fsp3) is 0.765. The molecule has 21 heavy (non-hydrogen) atoms. The predicted molar refractivity (Wildman–Crippen MR) is 93.1 cm³/mol. The van der Waals surface area contributed by atoms with Gasteiger partial charge >= 0.3 is 0 Å². The zero-order valence-electron chi connectivity index (χ0n) is 12.7. The normalized spacial score (nSPS) is 31.1. The smallest absolute Gasteiger partial charge is 0.0245 e. The van der Waals surface area contributed by atoms with Crippen molar-refractivity contribution >= 4 is 23.1 Å². The maximum Gasteiger partial charge on any atom is 0.0245 e. The van der Waals surface area contributed by atoms with Crippen molar-refractivity contribution in [3.05, 3.63) is 22.4 Å². The number of thioether (sulfide) groups is 1. The van der Waals surface area contributed by atoms with E-state index >= 15 is 0 Å². The van der Waals surface area contributed by atoms with Crippen LogP contribution in [0.3, 0.4) is 0 Å². The molecule has 4 rings (SSSR count). The highest BCUT2D eigenvalue weighted by Crippen LogP contribution is 2.56. The fourth-order valence-corrected chi connectivity index (χ4v) is 6.21. The summed E-state index contributed by atoms with van der Waals surface area (Å²) in [5.74, 6) is 3.71. The van der Waals surface area contributed by atoms with Gasteiger partial charge in [0.15, 0.2) is 0 Å². The van der Waals surface area contributed by atoms with Crippen molar-refractivity contribution in [2.24, 2.45) is 11.3 Å². The Labute approximate surface area is 136 Å². The van der Waals surface area contributed by atoms with Gasteiger partial charge in [0, 0.05) is 19.1 Å². The van der Waals surface area contributed by atoms with Gasteiger partial charge in [-0.25, -0.2) is 0 Å². The maximum atomic E-state index is 3.54. The number of hydrogen-bond donors (Lipinski definition) is 1. The van der Waals surface area contributed by atoms with Crippen LogP contribution in [-0.2, 0) is 6.54 Å². The summed E-state index contributed by atoms with van der Waals surface area (Å²) >= 11 is 4.00. The molecule has 2 unspecified atom stereocenters. The van der Waals surface area contributed by atoms with Gasteiger partial charge in [0.05, 0.1) is 0 Å². The first-order valence-electron chi connectivity index (χ1n) is 8.39. The zero-order valence-corrected chi connectivity index (χ0v) is 14.4. The molecule has 1 saturated carbocycles. The van der Waals surface area contributed by atoms with Gasteiger partial charge in [-0.2, -0.15) is 23.1 Å². The highest BCUT2D eigenvalue weighted by molar-refractivity contribution is 7.99. The molecule has 1 aromatic rings. The zero-order chi connectivity index (χ0) is 14.1. The van der Waals surface area contributed by atoms with Crippen molar-refractivity contribution in [1.82, 2.24) is 10.2 Å². The molecule has 0 radical (unpaired) electrons. The van der Waals surface area contributed by atoms with Crippen molar-refractivity contribution in [3.63, 3.8) is 0 Å². The van der Waals surface area contributed by atoms with E-state index in [-0.39, 0.29) is 0 Å². The largest absolute Gasteiger partial charge is 0.317 e. The van der Waals surface area contributed by atoms with Crippen LogP contribution >= 0.6 is 23.1 Å². The van der Waals surface area contributed by atoms with Gasteiger partial charge in [-0.15, -0.1) is 0 Å². The van der Waals surface area contributed by atoms with E-state index in [1.807, 2.05) is 11.3 Å². The number of hydrogen-bond acceptors (Lipinski definition) is 4. The summed E-state index contributed by atoms with van der Waals surface area (Å²) in [4.78, 5) is 2.85. The molecule has 2 atom stereocenters. The van der Waals surface area contributed by atoms with Crippen LogP contribution in [0.25, 0.3) is 0 Å². The lowest BCUT2D eigenvalue weighted by Gasteiger charge is -2.31.